The Kier molecular flexibility index (Phi) is 8.28. The molecule has 0 aromatic heterocycles. The summed E-state index contributed by atoms with van der Waals surface area (Å²) in [6, 6.07) is 7.43. The van der Waals surface area contributed by atoms with Gasteiger partial charge in [-0.15, -0.1) is 12.4 Å². The molecular formula is C17H27ClN2O2. The van der Waals surface area contributed by atoms with Crippen molar-refractivity contribution < 1.29 is 9.53 Å². The molecule has 1 aliphatic carbocycles. The van der Waals surface area contributed by atoms with E-state index in [1.165, 1.54) is 19.3 Å². The second-order valence-electron chi connectivity index (χ2n) is 5.64. The SMILES string of the molecule is CCOc1ccccc1C(=O)NC(CN)C1CCCCC1.Cl. The lowest BCUT2D eigenvalue weighted by molar-refractivity contribution is 0.0911. The Morgan fingerprint density at radius 1 is 1.32 bits per heavy atom. The standard InChI is InChI=1S/C17H26N2O2.ClH/c1-2-21-16-11-7-6-10-14(16)17(20)19-15(12-18)13-8-4-3-5-9-13;/h6-7,10-11,13,15H,2-5,8-9,12,18H2,1H3,(H,19,20);1H. The number of hydrogen-bond acceptors (Lipinski definition) is 3. The average molecular weight is 327 g/mol. The number of hydrogen-bond donors (Lipinski definition) is 2. The molecule has 1 amide bonds. The van der Waals surface area contributed by atoms with E-state index in [0.717, 1.165) is 12.8 Å². The van der Waals surface area contributed by atoms with Gasteiger partial charge in [-0.3, -0.25) is 4.79 Å². The molecule has 1 saturated carbocycles. The quantitative estimate of drug-likeness (QED) is 0.844. The van der Waals surface area contributed by atoms with Gasteiger partial charge >= 0.3 is 0 Å². The molecule has 2 rings (SSSR count). The Bertz CT molecular complexity index is 462. The van der Waals surface area contributed by atoms with Crippen molar-refractivity contribution in [1.29, 1.82) is 0 Å². The molecular weight excluding hydrogens is 300 g/mol. The number of nitrogens with two attached hydrogens (primary N) is 1. The molecule has 124 valence electrons. The Morgan fingerprint density at radius 2 is 2.00 bits per heavy atom. The van der Waals surface area contributed by atoms with E-state index in [1.54, 1.807) is 6.07 Å². The molecule has 0 bridgehead atoms. The zero-order chi connectivity index (χ0) is 15.1. The Morgan fingerprint density at radius 3 is 2.64 bits per heavy atom. The Balaban J connectivity index is 0.00000242. The van der Waals surface area contributed by atoms with Gasteiger partial charge in [-0.1, -0.05) is 31.4 Å². The topological polar surface area (TPSA) is 64.3 Å². The van der Waals surface area contributed by atoms with E-state index in [0.29, 0.717) is 30.4 Å². The maximum absolute atomic E-state index is 12.5. The van der Waals surface area contributed by atoms with E-state index >= 15 is 0 Å². The third-order valence-electron chi connectivity index (χ3n) is 4.22. The van der Waals surface area contributed by atoms with Crippen LogP contribution in [0, 0.1) is 5.92 Å². The van der Waals surface area contributed by atoms with Crippen LogP contribution in [0.15, 0.2) is 24.3 Å². The number of nitrogens with one attached hydrogen (secondary N) is 1. The summed E-state index contributed by atoms with van der Waals surface area (Å²) < 4.78 is 5.53. The number of ether oxygens (including phenoxy) is 1. The van der Waals surface area contributed by atoms with E-state index in [1.807, 2.05) is 25.1 Å². The number of para-hydroxylation sites is 1. The third-order valence-corrected chi connectivity index (χ3v) is 4.22. The van der Waals surface area contributed by atoms with Crippen molar-refractivity contribution in [3.8, 4) is 5.75 Å². The van der Waals surface area contributed by atoms with Crippen LogP contribution in [0.5, 0.6) is 5.75 Å². The molecule has 0 aliphatic heterocycles. The van der Waals surface area contributed by atoms with Crippen LogP contribution in [0.1, 0.15) is 49.4 Å². The summed E-state index contributed by atoms with van der Waals surface area (Å²) in [5.74, 6) is 1.06. The summed E-state index contributed by atoms with van der Waals surface area (Å²) in [4.78, 5) is 12.5. The first-order chi connectivity index (χ1) is 10.3. The molecule has 22 heavy (non-hydrogen) atoms. The number of rotatable bonds is 6. The second-order valence-corrected chi connectivity index (χ2v) is 5.64. The van der Waals surface area contributed by atoms with Crippen molar-refractivity contribution in [2.75, 3.05) is 13.2 Å². The van der Waals surface area contributed by atoms with Crippen molar-refractivity contribution in [1.82, 2.24) is 5.32 Å². The first kappa shape index (κ1) is 18.8. The van der Waals surface area contributed by atoms with Gasteiger partial charge in [0.2, 0.25) is 0 Å². The highest BCUT2D eigenvalue weighted by atomic mass is 35.5. The molecule has 1 atom stereocenters. The van der Waals surface area contributed by atoms with E-state index in [9.17, 15) is 4.79 Å². The average Bonchev–Trinajstić information content (AvgIpc) is 2.54. The summed E-state index contributed by atoms with van der Waals surface area (Å²) in [6.45, 7) is 2.96. The summed E-state index contributed by atoms with van der Waals surface area (Å²) >= 11 is 0. The van der Waals surface area contributed by atoms with Gasteiger partial charge in [0, 0.05) is 12.6 Å². The Labute approximate surface area is 139 Å². The van der Waals surface area contributed by atoms with Crippen molar-refractivity contribution in [3.05, 3.63) is 29.8 Å². The maximum Gasteiger partial charge on any atom is 0.255 e. The van der Waals surface area contributed by atoms with Crippen LogP contribution in [0.4, 0.5) is 0 Å². The first-order valence-corrected chi connectivity index (χ1v) is 7.99. The van der Waals surface area contributed by atoms with Crippen LogP contribution in [-0.4, -0.2) is 25.1 Å². The molecule has 1 unspecified atom stereocenters. The first-order valence-electron chi connectivity index (χ1n) is 7.99. The van der Waals surface area contributed by atoms with Gasteiger partial charge < -0.3 is 15.8 Å². The fourth-order valence-corrected chi connectivity index (χ4v) is 3.09. The molecule has 5 heteroatoms. The molecule has 1 aromatic rings. The van der Waals surface area contributed by atoms with Crippen molar-refractivity contribution in [2.45, 2.75) is 45.1 Å². The van der Waals surface area contributed by atoms with Crippen molar-refractivity contribution in [3.63, 3.8) is 0 Å². The molecule has 0 radical (unpaired) electrons. The molecule has 1 aromatic carbocycles. The number of amides is 1. The summed E-state index contributed by atoms with van der Waals surface area (Å²) in [6.07, 6.45) is 6.11. The number of benzene rings is 1. The smallest absolute Gasteiger partial charge is 0.255 e. The van der Waals surface area contributed by atoms with E-state index < -0.39 is 0 Å². The lowest BCUT2D eigenvalue weighted by atomic mass is 9.84. The number of halogens is 1. The number of carbonyl (C=O) groups is 1. The van der Waals surface area contributed by atoms with Crippen LogP contribution in [0.25, 0.3) is 0 Å². The molecule has 0 heterocycles. The molecule has 1 aliphatic rings. The molecule has 0 saturated heterocycles. The minimum absolute atomic E-state index is 0. The summed E-state index contributed by atoms with van der Waals surface area (Å²) in [5, 5.41) is 3.11. The van der Waals surface area contributed by atoms with Crippen LogP contribution in [0.3, 0.4) is 0 Å². The highest BCUT2D eigenvalue weighted by Crippen LogP contribution is 2.27. The fraction of sp³-hybridized carbons (Fsp3) is 0.588. The predicted molar refractivity (Wildman–Crippen MR) is 91.7 cm³/mol. The maximum atomic E-state index is 12.5. The van der Waals surface area contributed by atoms with Gasteiger partial charge in [0.25, 0.3) is 5.91 Å². The largest absolute Gasteiger partial charge is 0.493 e. The molecule has 3 N–H and O–H groups in total. The monoisotopic (exact) mass is 326 g/mol. The summed E-state index contributed by atoms with van der Waals surface area (Å²) in [7, 11) is 0. The fourth-order valence-electron chi connectivity index (χ4n) is 3.09. The van der Waals surface area contributed by atoms with Gasteiger partial charge in [0.15, 0.2) is 0 Å². The van der Waals surface area contributed by atoms with Gasteiger partial charge in [-0.25, -0.2) is 0 Å². The van der Waals surface area contributed by atoms with Crippen LogP contribution < -0.4 is 15.8 Å². The van der Waals surface area contributed by atoms with Crippen LogP contribution >= 0.6 is 12.4 Å². The predicted octanol–water partition coefficient (Wildman–Crippen LogP) is 3.14. The van der Waals surface area contributed by atoms with Crippen molar-refractivity contribution in [2.24, 2.45) is 11.7 Å². The van der Waals surface area contributed by atoms with E-state index in [-0.39, 0.29) is 24.4 Å². The zero-order valence-corrected chi connectivity index (χ0v) is 14.0. The molecule has 4 nitrogen and oxygen atoms in total. The second kappa shape index (κ2) is 9.70. The zero-order valence-electron chi connectivity index (χ0n) is 13.2. The number of carbonyl (C=O) groups excluding carboxylic acids is 1. The highest BCUT2D eigenvalue weighted by Gasteiger charge is 2.25. The van der Waals surface area contributed by atoms with Crippen LogP contribution in [-0.2, 0) is 0 Å². The minimum Gasteiger partial charge on any atom is -0.493 e. The highest BCUT2D eigenvalue weighted by molar-refractivity contribution is 5.97. The molecule has 0 spiro atoms. The van der Waals surface area contributed by atoms with Crippen LogP contribution in [0.2, 0.25) is 0 Å². The van der Waals surface area contributed by atoms with Gasteiger partial charge in [0.1, 0.15) is 5.75 Å². The lowest BCUT2D eigenvalue weighted by Crippen LogP contribution is -2.46. The normalized spacial score (nSPS) is 16.5. The van der Waals surface area contributed by atoms with E-state index in [2.05, 4.69) is 5.32 Å². The van der Waals surface area contributed by atoms with Crippen molar-refractivity contribution >= 4 is 18.3 Å². The Hall–Kier alpha value is -1.26. The summed E-state index contributed by atoms with van der Waals surface area (Å²) in [5.41, 5.74) is 6.47. The lowest BCUT2D eigenvalue weighted by Gasteiger charge is -2.30. The van der Waals surface area contributed by atoms with Gasteiger partial charge in [-0.05, 0) is 37.8 Å². The third kappa shape index (κ3) is 4.89. The van der Waals surface area contributed by atoms with Gasteiger partial charge in [0.05, 0.1) is 12.2 Å². The van der Waals surface area contributed by atoms with E-state index in [4.69, 9.17) is 10.5 Å². The molecule has 1 fully saturated rings. The van der Waals surface area contributed by atoms with Gasteiger partial charge in [-0.2, -0.15) is 0 Å². The minimum atomic E-state index is -0.0833.